The van der Waals surface area contributed by atoms with Gasteiger partial charge in [0.05, 0.1) is 5.69 Å². The molecule has 112 valence electrons. The fourth-order valence-electron chi connectivity index (χ4n) is 2.87. The van der Waals surface area contributed by atoms with Crippen molar-refractivity contribution in [2.75, 3.05) is 23.7 Å². The van der Waals surface area contributed by atoms with Crippen LogP contribution in [-0.4, -0.2) is 17.7 Å². The fraction of sp³-hybridized carbons (Fsp3) is 0.688. The Morgan fingerprint density at radius 3 is 2.50 bits per heavy atom. The molecule has 2 heterocycles. The van der Waals surface area contributed by atoms with E-state index < -0.39 is 0 Å². The molecule has 0 aliphatic carbocycles. The summed E-state index contributed by atoms with van der Waals surface area (Å²) in [5.41, 5.74) is 8.43. The second kappa shape index (κ2) is 5.90. The van der Waals surface area contributed by atoms with Gasteiger partial charge in [-0.1, -0.05) is 20.8 Å². The van der Waals surface area contributed by atoms with Crippen molar-refractivity contribution in [1.29, 1.82) is 0 Å². The van der Waals surface area contributed by atoms with E-state index in [-0.39, 0.29) is 5.56 Å². The number of nitrogen functional groups attached to an aromatic ring is 1. The molecule has 1 aliphatic heterocycles. The number of hydrogen-bond donors (Lipinski definition) is 1. The summed E-state index contributed by atoms with van der Waals surface area (Å²) < 4.78 is 1.80. The van der Waals surface area contributed by atoms with E-state index in [1.807, 2.05) is 6.92 Å². The van der Waals surface area contributed by atoms with Crippen molar-refractivity contribution >= 4 is 11.4 Å². The zero-order chi connectivity index (χ0) is 14.9. The van der Waals surface area contributed by atoms with Gasteiger partial charge >= 0.3 is 0 Å². The van der Waals surface area contributed by atoms with Gasteiger partial charge in [-0.25, -0.2) is 0 Å². The number of aromatic nitrogens is 1. The Morgan fingerprint density at radius 2 is 1.95 bits per heavy atom. The van der Waals surface area contributed by atoms with Gasteiger partial charge in [-0.05, 0) is 37.7 Å². The highest BCUT2D eigenvalue weighted by Gasteiger charge is 2.20. The second-order valence-electron chi connectivity index (χ2n) is 6.56. The molecule has 2 rings (SSSR count). The standard InChI is InChI=1S/C16H27N3O/c1-11(2)10-19-13(4)9-14(15(17)16(19)20)18-7-5-12(3)6-8-18/h9,11-12H,5-8,10,17H2,1-4H3. The Balaban J connectivity index is 2.34. The minimum Gasteiger partial charge on any atom is -0.393 e. The average Bonchev–Trinajstić information content (AvgIpc) is 2.40. The van der Waals surface area contributed by atoms with E-state index in [1.54, 1.807) is 4.57 Å². The van der Waals surface area contributed by atoms with Crippen molar-refractivity contribution in [2.24, 2.45) is 11.8 Å². The summed E-state index contributed by atoms with van der Waals surface area (Å²) in [7, 11) is 0. The van der Waals surface area contributed by atoms with Crippen molar-refractivity contribution in [3.8, 4) is 0 Å². The average molecular weight is 277 g/mol. The maximum absolute atomic E-state index is 12.5. The van der Waals surface area contributed by atoms with Crippen LogP contribution in [0.3, 0.4) is 0 Å². The highest BCUT2D eigenvalue weighted by molar-refractivity contribution is 5.67. The van der Waals surface area contributed by atoms with Crippen LogP contribution in [0.5, 0.6) is 0 Å². The van der Waals surface area contributed by atoms with E-state index in [4.69, 9.17) is 5.73 Å². The third-order valence-electron chi connectivity index (χ3n) is 4.19. The molecule has 1 fully saturated rings. The van der Waals surface area contributed by atoms with Crippen molar-refractivity contribution in [2.45, 2.75) is 47.1 Å². The lowest BCUT2D eigenvalue weighted by atomic mass is 9.98. The maximum Gasteiger partial charge on any atom is 0.276 e. The van der Waals surface area contributed by atoms with E-state index in [0.29, 0.717) is 11.6 Å². The molecule has 1 aliphatic rings. The van der Waals surface area contributed by atoms with Gasteiger partial charge in [0.25, 0.3) is 5.56 Å². The lowest BCUT2D eigenvalue weighted by molar-refractivity contribution is 0.438. The molecule has 0 saturated carbocycles. The zero-order valence-corrected chi connectivity index (χ0v) is 13.1. The van der Waals surface area contributed by atoms with Gasteiger partial charge in [0.15, 0.2) is 0 Å². The molecule has 1 aromatic heterocycles. The maximum atomic E-state index is 12.5. The quantitative estimate of drug-likeness (QED) is 0.924. The van der Waals surface area contributed by atoms with Crippen LogP contribution in [0.15, 0.2) is 10.9 Å². The molecule has 0 bridgehead atoms. The monoisotopic (exact) mass is 277 g/mol. The van der Waals surface area contributed by atoms with Crippen molar-refractivity contribution in [3.63, 3.8) is 0 Å². The molecule has 0 atom stereocenters. The summed E-state index contributed by atoms with van der Waals surface area (Å²) in [6, 6.07) is 2.08. The smallest absolute Gasteiger partial charge is 0.276 e. The van der Waals surface area contributed by atoms with Crippen LogP contribution in [0.25, 0.3) is 0 Å². The number of aryl methyl sites for hydroxylation is 1. The molecule has 1 aromatic rings. The lowest BCUT2D eigenvalue weighted by Crippen LogP contribution is -2.36. The third-order valence-corrected chi connectivity index (χ3v) is 4.19. The van der Waals surface area contributed by atoms with Gasteiger partial charge in [-0.2, -0.15) is 0 Å². The minimum absolute atomic E-state index is 0.0349. The lowest BCUT2D eigenvalue weighted by Gasteiger charge is -2.33. The van der Waals surface area contributed by atoms with Gasteiger partial charge in [-0.3, -0.25) is 4.79 Å². The van der Waals surface area contributed by atoms with Crippen LogP contribution in [0.4, 0.5) is 11.4 Å². The van der Waals surface area contributed by atoms with Gasteiger partial charge in [-0.15, -0.1) is 0 Å². The van der Waals surface area contributed by atoms with E-state index in [9.17, 15) is 4.79 Å². The molecule has 0 aromatic carbocycles. The Bertz CT molecular complexity index is 525. The molecule has 1 saturated heterocycles. The Labute approximate surface area is 121 Å². The van der Waals surface area contributed by atoms with E-state index in [0.717, 1.165) is 36.9 Å². The molecule has 20 heavy (non-hydrogen) atoms. The van der Waals surface area contributed by atoms with Crippen molar-refractivity contribution in [3.05, 3.63) is 22.1 Å². The van der Waals surface area contributed by atoms with Crippen LogP contribution in [0.1, 0.15) is 39.3 Å². The van der Waals surface area contributed by atoms with E-state index >= 15 is 0 Å². The van der Waals surface area contributed by atoms with Crippen molar-refractivity contribution < 1.29 is 0 Å². The Hall–Kier alpha value is -1.45. The van der Waals surface area contributed by atoms with Crippen LogP contribution >= 0.6 is 0 Å². The normalized spacial score (nSPS) is 16.9. The summed E-state index contributed by atoms with van der Waals surface area (Å²) >= 11 is 0. The van der Waals surface area contributed by atoms with Gasteiger partial charge in [0.1, 0.15) is 5.69 Å². The zero-order valence-electron chi connectivity index (χ0n) is 13.1. The first-order valence-corrected chi connectivity index (χ1v) is 7.65. The van der Waals surface area contributed by atoms with Crippen LogP contribution in [0.2, 0.25) is 0 Å². The predicted octanol–water partition coefficient (Wildman–Crippen LogP) is 2.63. The molecule has 0 unspecified atom stereocenters. The molecule has 0 spiro atoms. The molecular formula is C16H27N3O. The summed E-state index contributed by atoms with van der Waals surface area (Å²) in [6.45, 7) is 11.2. The van der Waals surface area contributed by atoms with Crippen LogP contribution in [-0.2, 0) is 6.54 Å². The van der Waals surface area contributed by atoms with Gasteiger partial charge < -0.3 is 15.2 Å². The first-order chi connectivity index (χ1) is 9.40. The van der Waals surface area contributed by atoms with E-state index in [1.165, 1.54) is 12.8 Å². The van der Waals surface area contributed by atoms with Crippen LogP contribution in [0, 0.1) is 18.8 Å². The van der Waals surface area contributed by atoms with Crippen LogP contribution < -0.4 is 16.2 Å². The molecule has 0 radical (unpaired) electrons. The first kappa shape index (κ1) is 14.9. The predicted molar refractivity (Wildman–Crippen MR) is 85.3 cm³/mol. The number of nitrogens with two attached hydrogens (primary N) is 1. The topological polar surface area (TPSA) is 51.3 Å². The highest BCUT2D eigenvalue weighted by Crippen LogP contribution is 2.27. The number of pyridine rings is 1. The minimum atomic E-state index is -0.0349. The molecule has 2 N–H and O–H groups in total. The third kappa shape index (κ3) is 3.00. The highest BCUT2D eigenvalue weighted by atomic mass is 16.1. The number of rotatable bonds is 3. The first-order valence-electron chi connectivity index (χ1n) is 7.65. The Kier molecular flexibility index (Phi) is 4.41. The Morgan fingerprint density at radius 1 is 1.35 bits per heavy atom. The summed E-state index contributed by atoms with van der Waals surface area (Å²) in [4.78, 5) is 14.7. The number of piperidine rings is 1. The second-order valence-corrected chi connectivity index (χ2v) is 6.56. The fourth-order valence-corrected chi connectivity index (χ4v) is 2.87. The van der Waals surface area contributed by atoms with Gasteiger partial charge in [0, 0.05) is 25.3 Å². The SMILES string of the molecule is Cc1cc(N2CCC(C)CC2)c(N)c(=O)n1CC(C)C. The molecular weight excluding hydrogens is 250 g/mol. The number of nitrogens with zero attached hydrogens (tertiary/aromatic N) is 2. The van der Waals surface area contributed by atoms with Crippen molar-refractivity contribution in [1.82, 2.24) is 4.57 Å². The summed E-state index contributed by atoms with van der Waals surface area (Å²) in [6.07, 6.45) is 2.35. The largest absolute Gasteiger partial charge is 0.393 e. The number of hydrogen-bond acceptors (Lipinski definition) is 3. The number of anilines is 2. The molecule has 4 nitrogen and oxygen atoms in total. The van der Waals surface area contributed by atoms with E-state index in [2.05, 4.69) is 31.7 Å². The summed E-state index contributed by atoms with van der Waals surface area (Å²) in [5.74, 6) is 1.21. The molecule has 0 amide bonds. The summed E-state index contributed by atoms with van der Waals surface area (Å²) in [5, 5.41) is 0. The van der Waals surface area contributed by atoms with Gasteiger partial charge in [0.2, 0.25) is 0 Å². The molecule has 4 heteroatoms.